The third-order valence-electron chi connectivity index (χ3n) is 3.11. The Labute approximate surface area is 106 Å². The fourth-order valence-corrected chi connectivity index (χ4v) is 2.22. The number of carbonyl (C=O) groups is 2. The lowest BCUT2D eigenvalue weighted by Crippen LogP contribution is -2.45. The van der Waals surface area contributed by atoms with Crippen molar-refractivity contribution in [2.45, 2.75) is 25.8 Å². The summed E-state index contributed by atoms with van der Waals surface area (Å²) in [5.74, 6) is -0.438. The van der Waals surface area contributed by atoms with Crippen molar-refractivity contribution in [2.75, 3.05) is 11.9 Å². The van der Waals surface area contributed by atoms with Gasteiger partial charge in [-0.1, -0.05) is 12.1 Å². The van der Waals surface area contributed by atoms with Crippen LogP contribution in [-0.2, 0) is 4.79 Å². The van der Waals surface area contributed by atoms with E-state index in [1.54, 1.807) is 0 Å². The maximum absolute atomic E-state index is 12.0. The SMILES string of the molecule is Cc1cccc(NC(=O)N2CCC[C@@H]2C(N)=O)c1. The molecule has 2 rings (SSSR count). The molecule has 96 valence electrons. The molecule has 0 unspecified atom stereocenters. The molecule has 0 saturated carbocycles. The predicted octanol–water partition coefficient (Wildman–Crippen LogP) is 1.48. The van der Waals surface area contributed by atoms with Gasteiger partial charge in [0.1, 0.15) is 6.04 Å². The number of nitrogens with two attached hydrogens (primary N) is 1. The molecule has 0 spiro atoms. The summed E-state index contributed by atoms with van der Waals surface area (Å²) in [7, 11) is 0. The molecule has 3 N–H and O–H groups in total. The van der Waals surface area contributed by atoms with Crippen LogP contribution in [0.25, 0.3) is 0 Å². The van der Waals surface area contributed by atoms with Gasteiger partial charge in [-0.25, -0.2) is 4.79 Å². The average molecular weight is 247 g/mol. The molecule has 1 fully saturated rings. The van der Waals surface area contributed by atoms with Crippen molar-refractivity contribution in [2.24, 2.45) is 5.73 Å². The lowest BCUT2D eigenvalue weighted by Gasteiger charge is -2.22. The molecular formula is C13H17N3O2. The van der Waals surface area contributed by atoms with Crippen molar-refractivity contribution >= 4 is 17.6 Å². The van der Waals surface area contributed by atoms with Gasteiger partial charge in [-0.15, -0.1) is 0 Å². The Balaban J connectivity index is 2.06. The largest absolute Gasteiger partial charge is 0.368 e. The fraction of sp³-hybridized carbons (Fsp3) is 0.385. The molecule has 1 aliphatic rings. The van der Waals surface area contributed by atoms with Crippen molar-refractivity contribution < 1.29 is 9.59 Å². The summed E-state index contributed by atoms with van der Waals surface area (Å²) < 4.78 is 0. The number of hydrogen-bond acceptors (Lipinski definition) is 2. The molecule has 18 heavy (non-hydrogen) atoms. The molecule has 5 heteroatoms. The molecule has 1 aliphatic heterocycles. The Morgan fingerprint density at radius 3 is 2.89 bits per heavy atom. The molecule has 0 aromatic heterocycles. The van der Waals surface area contributed by atoms with Crippen molar-refractivity contribution in [3.05, 3.63) is 29.8 Å². The number of aryl methyl sites for hydroxylation is 1. The van der Waals surface area contributed by atoms with Crippen LogP contribution in [0.3, 0.4) is 0 Å². The van der Waals surface area contributed by atoms with E-state index in [1.807, 2.05) is 31.2 Å². The molecular weight excluding hydrogens is 230 g/mol. The van der Waals surface area contributed by atoms with Crippen LogP contribution in [0, 0.1) is 6.92 Å². The van der Waals surface area contributed by atoms with Crippen LogP contribution in [0.2, 0.25) is 0 Å². The minimum Gasteiger partial charge on any atom is -0.368 e. The number of primary amides is 1. The summed E-state index contributed by atoms with van der Waals surface area (Å²) in [5, 5.41) is 2.79. The Morgan fingerprint density at radius 1 is 1.44 bits per heavy atom. The first-order valence-electron chi connectivity index (χ1n) is 6.01. The summed E-state index contributed by atoms with van der Waals surface area (Å²) in [6.07, 6.45) is 1.46. The average Bonchev–Trinajstić information content (AvgIpc) is 2.77. The Bertz CT molecular complexity index is 473. The Kier molecular flexibility index (Phi) is 3.50. The van der Waals surface area contributed by atoms with Gasteiger partial charge in [0.15, 0.2) is 0 Å². The van der Waals surface area contributed by atoms with E-state index in [0.717, 1.165) is 17.7 Å². The highest BCUT2D eigenvalue weighted by atomic mass is 16.2. The van der Waals surface area contributed by atoms with Crippen LogP contribution in [0.4, 0.5) is 10.5 Å². The van der Waals surface area contributed by atoms with Gasteiger partial charge >= 0.3 is 6.03 Å². The number of amides is 3. The molecule has 3 amide bonds. The monoisotopic (exact) mass is 247 g/mol. The number of benzene rings is 1. The molecule has 0 aliphatic carbocycles. The van der Waals surface area contributed by atoms with Crippen LogP contribution in [-0.4, -0.2) is 29.4 Å². The molecule has 1 aromatic carbocycles. The lowest BCUT2D eigenvalue weighted by atomic mass is 10.2. The van der Waals surface area contributed by atoms with E-state index in [0.29, 0.717) is 13.0 Å². The molecule has 1 aromatic rings. The molecule has 1 heterocycles. The lowest BCUT2D eigenvalue weighted by molar-refractivity contribution is -0.121. The first-order valence-corrected chi connectivity index (χ1v) is 6.01. The van der Waals surface area contributed by atoms with E-state index in [9.17, 15) is 9.59 Å². The maximum Gasteiger partial charge on any atom is 0.322 e. The number of hydrogen-bond donors (Lipinski definition) is 2. The zero-order chi connectivity index (χ0) is 13.1. The number of urea groups is 1. The van der Waals surface area contributed by atoms with Crippen molar-refractivity contribution in [3.63, 3.8) is 0 Å². The molecule has 0 bridgehead atoms. The van der Waals surface area contributed by atoms with Crippen LogP contribution in [0.5, 0.6) is 0 Å². The summed E-state index contributed by atoms with van der Waals surface area (Å²) >= 11 is 0. The van der Waals surface area contributed by atoms with Crippen LogP contribution in [0.1, 0.15) is 18.4 Å². The van der Waals surface area contributed by atoms with Gasteiger partial charge in [-0.3, -0.25) is 4.79 Å². The second-order valence-electron chi connectivity index (χ2n) is 4.55. The zero-order valence-electron chi connectivity index (χ0n) is 10.3. The summed E-state index contributed by atoms with van der Waals surface area (Å²) in [6, 6.07) is 6.79. The number of nitrogens with one attached hydrogen (secondary N) is 1. The van der Waals surface area contributed by atoms with Gasteiger partial charge in [0, 0.05) is 12.2 Å². The molecule has 1 saturated heterocycles. The number of rotatable bonds is 2. The van der Waals surface area contributed by atoms with Crippen molar-refractivity contribution in [3.8, 4) is 0 Å². The molecule has 0 radical (unpaired) electrons. The van der Waals surface area contributed by atoms with E-state index in [1.165, 1.54) is 4.90 Å². The molecule has 5 nitrogen and oxygen atoms in total. The quantitative estimate of drug-likeness (QED) is 0.830. The second kappa shape index (κ2) is 5.08. The van der Waals surface area contributed by atoms with E-state index < -0.39 is 11.9 Å². The summed E-state index contributed by atoms with van der Waals surface area (Å²) in [5.41, 5.74) is 7.08. The van der Waals surface area contributed by atoms with Crippen LogP contribution >= 0.6 is 0 Å². The third kappa shape index (κ3) is 2.61. The van der Waals surface area contributed by atoms with Crippen molar-refractivity contribution in [1.29, 1.82) is 0 Å². The number of likely N-dealkylation sites (tertiary alicyclic amines) is 1. The summed E-state index contributed by atoms with van der Waals surface area (Å²) in [6.45, 7) is 2.53. The van der Waals surface area contributed by atoms with Gasteiger partial charge < -0.3 is 16.0 Å². The first kappa shape index (κ1) is 12.4. The number of nitrogens with zero attached hydrogens (tertiary/aromatic N) is 1. The topological polar surface area (TPSA) is 75.4 Å². The minimum absolute atomic E-state index is 0.262. The third-order valence-corrected chi connectivity index (χ3v) is 3.11. The van der Waals surface area contributed by atoms with Crippen LogP contribution in [0.15, 0.2) is 24.3 Å². The predicted molar refractivity (Wildman–Crippen MR) is 69.1 cm³/mol. The van der Waals surface area contributed by atoms with E-state index >= 15 is 0 Å². The first-order chi connectivity index (χ1) is 8.58. The highest BCUT2D eigenvalue weighted by Gasteiger charge is 2.32. The Morgan fingerprint density at radius 2 is 2.22 bits per heavy atom. The highest BCUT2D eigenvalue weighted by molar-refractivity contribution is 5.93. The number of carbonyl (C=O) groups excluding carboxylic acids is 2. The van der Waals surface area contributed by atoms with Crippen LogP contribution < -0.4 is 11.1 Å². The second-order valence-corrected chi connectivity index (χ2v) is 4.55. The van der Waals surface area contributed by atoms with Gasteiger partial charge in [-0.05, 0) is 37.5 Å². The van der Waals surface area contributed by atoms with E-state index in [-0.39, 0.29) is 6.03 Å². The van der Waals surface area contributed by atoms with Gasteiger partial charge in [-0.2, -0.15) is 0 Å². The van der Waals surface area contributed by atoms with Gasteiger partial charge in [0.25, 0.3) is 0 Å². The standard InChI is InChI=1S/C13H17N3O2/c1-9-4-2-5-10(8-9)15-13(18)16-7-3-6-11(16)12(14)17/h2,4-5,8,11H,3,6-7H2,1H3,(H2,14,17)(H,15,18)/t11-/m1/s1. The zero-order valence-corrected chi connectivity index (χ0v) is 10.3. The maximum atomic E-state index is 12.0. The smallest absolute Gasteiger partial charge is 0.322 e. The molecule has 1 atom stereocenters. The minimum atomic E-state index is -0.477. The van der Waals surface area contributed by atoms with Gasteiger partial charge in [0.2, 0.25) is 5.91 Å². The fourth-order valence-electron chi connectivity index (χ4n) is 2.22. The normalized spacial score (nSPS) is 18.7. The summed E-state index contributed by atoms with van der Waals surface area (Å²) in [4.78, 5) is 24.8. The van der Waals surface area contributed by atoms with E-state index in [2.05, 4.69) is 5.32 Å². The van der Waals surface area contributed by atoms with Gasteiger partial charge in [0.05, 0.1) is 0 Å². The highest BCUT2D eigenvalue weighted by Crippen LogP contribution is 2.19. The number of anilines is 1. The Hall–Kier alpha value is -2.04. The van der Waals surface area contributed by atoms with Crippen molar-refractivity contribution in [1.82, 2.24) is 4.90 Å². The van der Waals surface area contributed by atoms with E-state index in [4.69, 9.17) is 5.73 Å².